The van der Waals surface area contributed by atoms with Gasteiger partial charge in [0.25, 0.3) is 0 Å². The molecule has 0 bridgehead atoms. The number of hydrogen-bond acceptors (Lipinski definition) is 3. The third kappa shape index (κ3) is 4.49. The smallest absolute Gasteiger partial charge is 0.166 e. The fraction of sp³-hybridized carbons (Fsp3) is 0.533. The minimum atomic E-state index is 0.144. The van der Waals surface area contributed by atoms with Gasteiger partial charge in [0.05, 0.1) is 0 Å². The van der Waals surface area contributed by atoms with Crippen molar-refractivity contribution in [2.45, 2.75) is 33.1 Å². The Hall–Kier alpha value is -1.35. The number of nitrogen functional groups attached to an aromatic ring is 1. The molecule has 0 saturated carbocycles. The maximum Gasteiger partial charge on any atom is 0.166 e. The monoisotopic (exact) mass is 248 g/mol. The molecule has 1 rings (SSSR count). The highest BCUT2D eigenvalue weighted by Crippen LogP contribution is 2.13. The minimum absolute atomic E-state index is 0.144. The number of hydrogen-bond donors (Lipinski definition) is 1. The molecule has 0 spiro atoms. The molecule has 18 heavy (non-hydrogen) atoms. The van der Waals surface area contributed by atoms with Crippen molar-refractivity contribution in [3.05, 3.63) is 29.8 Å². The lowest BCUT2D eigenvalue weighted by Crippen LogP contribution is -2.28. The van der Waals surface area contributed by atoms with Gasteiger partial charge >= 0.3 is 0 Å². The summed E-state index contributed by atoms with van der Waals surface area (Å²) in [6.45, 7) is 7.28. The lowest BCUT2D eigenvalue weighted by Gasteiger charge is -2.20. The third-order valence-corrected chi connectivity index (χ3v) is 3.00. The highest BCUT2D eigenvalue weighted by molar-refractivity contribution is 6.00. The molecule has 3 heteroatoms. The number of ketones is 1. The molecule has 2 N–H and O–H groups in total. The molecule has 100 valence electrons. The average Bonchev–Trinajstić information content (AvgIpc) is 2.36. The van der Waals surface area contributed by atoms with Crippen molar-refractivity contribution in [1.29, 1.82) is 0 Å². The largest absolute Gasteiger partial charge is 0.398 e. The van der Waals surface area contributed by atoms with Gasteiger partial charge in [0.2, 0.25) is 0 Å². The molecule has 0 radical (unpaired) electrons. The van der Waals surface area contributed by atoms with Crippen LogP contribution in [0.4, 0.5) is 5.69 Å². The van der Waals surface area contributed by atoms with Crippen LogP contribution in [0.25, 0.3) is 0 Å². The van der Waals surface area contributed by atoms with Crippen LogP contribution >= 0.6 is 0 Å². The first-order valence-corrected chi connectivity index (χ1v) is 6.79. The van der Waals surface area contributed by atoms with Gasteiger partial charge in [-0.05, 0) is 38.1 Å². The van der Waals surface area contributed by atoms with Gasteiger partial charge < -0.3 is 10.6 Å². The molecule has 1 aromatic carbocycles. The zero-order valence-corrected chi connectivity index (χ0v) is 11.5. The van der Waals surface area contributed by atoms with Gasteiger partial charge in [-0.1, -0.05) is 26.0 Å². The Bertz CT molecular complexity index is 371. The van der Waals surface area contributed by atoms with Crippen LogP contribution in [0.15, 0.2) is 24.3 Å². The van der Waals surface area contributed by atoms with Crippen molar-refractivity contribution < 1.29 is 4.79 Å². The lowest BCUT2D eigenvalue weighted by molar-refractivity contribution is 0.0965. The second-order valence-corrected chi connectivity index (χ2v) is 4.60. The summed E-state index contributed by atoms with van der Waals surface area (Å²) in [5, 5.41) is 0. The number of para-hydroxylation sites is 1. The van der Waals surface area contributed by atoms with Crippen LogP contribution < -0.4 is 5.73 Å². The molecule has 0 fully saturated rings. The maximum absolute atomic E-state index is 12.1. The second kappa shape index (κ2) is 7.88. The van der Waals surface area contributed by atoms with Crippen LogP contribution in [0.3, 0.4) is 0 Å². The van der Waals surface area contributed by atoms with Gasteiger partial charge in [-0.2, -0.15) is 0 Å². The fourth-order valence-electron chi connectivity index (χ4n) is 2.11. The van der Waals surface area contributed by atoms with Crippen molar-refractivity contribution in [1.82, 2.24) is 4.90 Å². The van der Waals surface area contributed by atoms with Crippen molar-refractivity contribution in [2.24, 2.45) is 0 Å². The van der Waals surface area contributed by atoms with E-state index in [0.29, 0.717) is 17.7 Å². The summed E-state index contributed by atoms with van der Waals surface area (Å²) in [4.78, 5) is 14.4. The molecule has 0 aliphatic heterocycles. The number of carbonyl (C=O) groups excluding carboxylic acids is 1. The molecular formula is C15H24N2O. The summed E-state index contributed by atoms with van der Waals surface area (Å²) < 4.78 is 0. The van der Waals surface area contributed by atoms with Crippen LogP contribution in [-0.2, 0) is 0 Å². The van der Waals surface area contributed by atoms with Crippen LogP contribution in [0.5, 0.6) is 0 Å². The van der Waals surface area contributed by atoms with E-state index in [9.17, 15) is 4.79 Å². The zero-order chi connectivity index (χ0) is 13.4. The first-order valence-electron chi connectivity index (χ1n) is 6.79. The van der Waals surface area contributed by atoms with E-state index in [0.717, 1.165) is 32.5 Å². The summed E-state index contributed by atoms with van der Waals surface area (Å²) in [7, 11) is 0. The number of carbonyl (C=O) groups is 1. The number of Topliss-reactive ketones (excluding diaryl/α,β-unsaturated/α-hetero) is 1. The molecule has 0 aliphatic rings. The zero-order valence-electron chi connectivity index (χ0n) is 11.5. The quantitative estimate of drug-likeness (QED) is 0.568. The fourth-order valence-corrected chi connectivity index (χ4v) is 2.11. The van der Waals surface area contributed by atoms with E-state index < -0.39 is 0 Å². The van der Waals surface area contributed by atoms with Crippen LogP contribution in [0, 0.1) is 0 Å². The van der Waals surface area contributed by atoms with E-state index in [4.69, 9.17) is 5.73 Å². The van der Waals surface area contributed by atoms with Crippen molar-refractivity contribution in [3.63, 3.8) is 0 Å². The van der Waals surface area contributed by atoms with Gasteiger partial charge in [-0.3, -0.25) is 4.79 Å². The highest BCUT2D eigenvalue weighted by atomic mass is 16.1. The third-order valence-electron chi connectivity index (χ3n) is 3.00. The Morgan fingerprint density at radius 1 is 1.11 bits per heavy atom. The van der Waals surface area contributed by atoms with Crippen LogP contribution in [-0.4, -0.2) is 30.3 Å². The predicted molar refractivity (Wildman–Crippen MR) is 76.8 cm³/mol. The first-order chi connectivity index (χ1) is 8.69. The molecule has 0 amide bonds. The molecule has 0 saturated heterocycles. The summed E-state index contributed by atoms with van der Waals surface area (Å²) in [6, 6.07) is 7.30. The average molecular weight is 248 g/mol. The molecule has 0 aliphatic carbocycles. The van der Waals surface area contributed by atoms with E-state index in [1.54, 1.807) is 6.07 Å². The SMILES string of the molecule is CCCN(CCC)CCC(=O)c1ccccc1N. The molecule has 0 heterocycles. The first kappa shape index (κ1) is 14.7. The van der Waals surface area contributed by atoms with E-state index in [1.165, 1.54) is 0 Å². The molecule has 0 atom stereocenters. The Labute approximate surface area is 110 Å². The predicted octanol–water partition coefficient (Wildman–Crippen LogP) is 2.96. The van der Waals surface area contributed by atoms with Gasteiger partial charge in [0.15, 0.2) is 5.78 Å². The Balaban J connectivity index is 2.52. The maximum atomic E-state index is 12.1. The standard InChI is InChI=1S/C15H24N2O/c1-3-10-17(11-4-2)12-9-15(18)13-7-5-6-8-14(13)16/h5-8H,3-4,9-12,16H2,1-2H3. The molecule has 3 nitrogen and oxygen atoms in total. The Morgan fingerprint density at radius 2 is 1.72 bits per heavy atom. The van der Waals surface area contributed by atoms with E-state index >= 15 is 0 Å². The Kier molecular flexibility index (Phi) is 6.44. The van der Waals surface area contributed by atoms with E-state index in [-0.39, 0.29) is 5.78 Å². The normalized spacial score (nSPS) is 10.8. The van der Waals surface area contributed by atoms with Gasteiger partial charge in [0.1, 0.15) is 0 Å². The van der Waals surface area contributed by atoms with E-state index in [2.05, 4.69) is 18.7 Å². The van der Waals surface area contributed by atoms with Gasteiger partial charge in [-0.15, -0.1) is 0 Å². The summed E-state index contributed by atoms with van der Waals surface area (Å²) in [6.07, 6.45) is 2.80. The second-order valence-electron chi connectivity index (χ2n) is 4.60. The summed E-state index contributed by atoms with van der Waals surface area (Å²) in [5.41, 5.74) is 7.05. The summed E-state index contributed by atoms with van der Waals surface area (Å²) >= 11 is 0. The van der Waals surface area contributed by atoms with Crippen molar-refractivity contribution >= 4 is 11.5 Å². The topological polar surface area (TPSA) is 46.3 Å². The number of rotatable bonds is 8. The Morgan fingerprint density at radius 3 is 2.28 bits per heavy atom. The minimum Gasteiger partial charge on any atom is -0.398 e. The molecule has 0 aromatic heterocycles. The number of nitrogens with two attached hydrogens (primary N) is 1. The number of nitrogens with zero attached hydrogens (tertiary/aromatic N) is 1. The highest BCUT2D eigenvalue weighted by Gasteiger charge is 2.11. The van der Waals surface area contributed by atoms with Gasteiger partial charge in [0, 0.05) is 24.2 Å². The summed E-state index contributed by atoms with van der Waals surface area (Å²) in [5.74, 6) is 0.144. The van der Waals surface area contributed by atoms with Crippen LogP contribution in [0.2, 0.25) is 0 Å². The number of anilines is 1. The van der Waals surface area contributed by atoms with Crippen molar-refractivity contribution in [3.8, 4) is 0 Å². The molecular weight excluding hydrogens is 224 g/mol. The molecule has 1 aromatic rings. The van der Waals surface area contributed by atoms with Gasteiger partial charge in [-0.25, -0.2) is 0 Å². The van der Waals surface area contributed by atoms with E-state index in [1.807, 2.05) is 18.2 Å². The van der Waals surface area contributed by atoms with Crippen molar-refractivity contribution in [2.75, 3.05) is 25.4 Å². The lowest BCUT2D eigenvalue weighted by atomic mass is 10.1. The number of benzene rings is 1. The molecule has 0 unspecified atom stereocenters. The van der Waals surface area contributed by atoms with Crippen LogP contribution in [0.1, 0.15) is 43.5 Å².